The van der Waals surface area contributed by atoms with Crippen molar-refractivity contribution in [1.29, 1.82) is 0 Å². The summed E-state index contributed by atoms with van der Waals surface area (Å²) < 4.78 is 1.71. The van der Waals surface area contributed by atoms with Crippen molar-refractivity contribution in [2.24, 2.45) is 0 Å². The average Bonchev–Trinajstić information content (AvgIpc) is 2.79. The van der Waals surface area contributed by atoms with Crippen LogP contribution in [0, 0.1) is 0 Å². The van der Waals surface area contributed by atoms with Crippen molar-refractivity contribution >= 4 is 17.0 Å². The Hall–Kier alpha value is -1.95. The van der Waals surface area contributed by atoms with Crippen LogP contribution in [0.1, 0.15) is 29.7 Å². The molecule has 0 aliphatic heterocycles. The second kappa shape index (κ2) is 5.36. The highest BCUT2D eigenvalue weighted by atomic mass is 16.4. The lowest BCUT2D eigenvalue weighted by atomic mass is 10.1. The van der Waals surface area contributed by atoms with Crippen LogP contribution in [0.2, 0.25) is 0 Å². The maximum atomic E-state index is 11.3. The lowest BCUT2D eigenvalue weighted by Crippen LogP contribution is -2.18. The van der Waals surface area contributed by atoms with E-state index in [9.17, 15) is 9.90 Å². The first-order valence-electron chi connectivity index (χ1n) is 6.22. The molecule has 6 nitrogen and oxygen atoms in total. The number of rotatable bonds is 5. The minimum Gasteiger partial charge on any atom is -0.478 e. The first kappa shape index (κ1) is 13.5. The van der Waals surface area contributed by atoms with E-state index >= 15 is 0 Å². The highest BCUT2D eigenvalue weighted by Gasteiger charge is 2.17. The topological polar surface area (TPSA) is 71.2 Å². The quantitative estimate of drug-likeness (QED) is 0.887. The van der Waals surface area contributed by atoms with Gasteiger partial charge in [-0.15, -0.1) is 5.10 Å². The molecule has 0 fully saturated rings. The summed E-state index contributed by atoms with van der Waals surface area (Å²) in [6.07, 6.45) is 0.888. The molecule has 102 valence electrons. The van der Waals surface area contributed by atoms with Gasteiger partial charge in [0.2, 0.25) is 0 Å². The molecule has 6 heteroatoms. The molecule has 2 rings (SSSR count). The van der Waals surface area contributed by atoms with Crippen LogP contribution in [0.15, 0.2) is 18.2 Å². The largest absolute Gasteiger partial charge is 0.478 e. The fourth-order valence-corrected chi connectivity index (χ4v) is 2.04. The molecule has 2 aromatic rings. The predicted molar refractivity (Wildman–Crippen MR) is 72.4 cm³/mol. The first-order chi connectivity index (χ1) is 9.00. The second-order valence-corrected chi connectivity index (χ2v) is 4.95. The summed E-state index contributed by atoms with van der Waals surface area (Å²) in [6.45, 7) is 2.94. The van der Waals surface area contributed by atoms with Crippen LogP contribution in [0.25, 0.3) is 11.0 Å². The van der Waals surface area contributed by atoms with E-state index in [0.29, 0.717) is 11.0 Å². The number of para-hydroxylation sites is 1. The summed E-state index contributed by atoms with van der Waals surface area (Å²) in [4.78, 5) is 13.4. The molecule has 1 aromatic heterocycles. The van der Waals surface area contributed by atoms with Gasteiger partial charge in [-0.25, -0.2) is 9.48 Å². The number of benzene rings is 1. The van der Waals surface area contributed by atoms with E-state index in [1.54, 1.807) is 22.9 Å². The Morgan fingerprint density at radius 2 is 2.21 bits per heavy atom. The highest BCUT2D eigenvalue weighted by molar-refractivity contribution is 6.00. The Bertz CT molecular complexity index is 591. The van der Waals surface area contributed by atoms with Crippen LogP contribution in [0.5, 0.6) is 0 Å². The summed E-state index contributed by atoms with van der Waals surface area (Å²) in [5, 5.41) is 17.4. The van der Waals surface area contributed by atoms with E-state index in [1.807, 2.05) is 21.0 Å². The van der Waals surface area contributed by atoms with Gasteiger partial charge in [-0.2, -0.15) is 0 Å². The number of hydrogen-bond donors (Lipinski definition) is 1. The van der Waals surface area contributed by atoms with E-state index in [1.165, 1.54) is 0 Å². The zero-order valence-electron chi connectivity index (χ0n) is 11.4. The number of hydrogen-bond acceptors (Lipinski definition) is 4. The summed E-state index contributed by atoms with van der Waals surface area (Å²) in [6, 6.07) is 5.16. The maximum absolute atomic E-state index is 11.3. The van der Waals surface area contributed by atoms with Crippen molar-refractivity contribution in [1.82, 2.24) is 19.9 Å². The molecule has 0 aliphatic rings. The van der Waals surface area contributed by atoms with Crippen LogP contribution in [0.4, 0.5) is 0 Å². The van der Waals surface area contributed by atoms with Crippen molar-refractivity contribution < 1.29 is 9.90 Å². The summed E-state index contributed by atoms with van der Waals surface area (Å²) in [5.74, 6) is -0.950. The van der Waals surface area contributed by atoms with Crippen LogP contribution in [-0.2, 0) is 0 Å². The number of fused-ring (bicyclic) bond motifs is 1. The summed E-state index contributed by atoms with van der Waals surface area (Å²) in [7, 11) is 4.02. The Morgan fingerprint density at radius 3 is 2.84 bits per heavy atom. The van der Waals surface area contributed by atoms with Gasteiger partial charge in [0, 0.05) is 0 Å². The molecule has 1 atom stereocenters. The zero-order valence-corrected chi connectivity index (χ0v) is 11.4. The zero-order chi connectivity index (χ0) is 14.0. The Labute approximate surface area is 111 Å². The molecule has 0 radical (unpaired) electrons. The van der Waals surface area contributed by atoms with E-state index in [2.05, 4.69) is 15.2 Å². The molecule has 0 saturated heterocycles. The molecule has 0 aliphatic carbocycles. The molecule has 1 aromatic carbocycles. The standard InChI is InChI=1S/C13H18N4O2/c1-9(7-8-16(2)3)17-12-10(13(18)19)5-4-6-11(12)14-15-17/h4-6,9H,7-8H2,1-3H3,(H,18,19). The number of carboxylic acids is 1. The van der Waals surface area contributed by atoms with Crippen molar-refractivity contribution in [3.63, 3.8) is 0 Å². The first-order valence-corrected chi connectivity index (χ1v) is 6.22. The third kappa shape index (κ3) is 2.73. The Morgan fingerprint density at radius 1 is 1.47 bits per heavy atom. The molecule has 19 heavy (non-hydrogen) atoms. The SMILES string of the molecule is CC(CCN(C)C)n1nnc2cccc(C(=O)O)c21. The fraction of sp³-hybridized carbons (Fsp3) is 0.462. The second-order valence-electron chi connectivity index (χ2n) is 4.95. The molecule has 0 amide bonds. The normalized spacial score (nSPS) is 13.1. The molecule has 0 bridgehead atoms. The Kier molecular flexibility index (Phi) is 3.80. The molecular weight excluding hydrogens is 244 g/mol. The highest BCUT2D eigenvalue weighted by Crippen LogP contribution is 2.21. The smallest absolute Gasteiger partial charge is 0.337 e. The van der Waals surface area contributed by atoms with E-state index in [4.69, 9.17) is 0 Å². The van der Waals surface area contributed by atoms with Crippen LogP contribution in [-0.4, -0.2) is 51.6 Å². The number of carbonyl (C=O) groups is 1. The number of aromatic carboxylic acids is 1. The molecule has 1 heterocycles. The molecule has 1 N–H and O–H groups in total. The predicted octanol–water partition coefficient (Wildman–Crippen LogP) is 1.64. The third-order valence-corrected chi connectivity index (χ3v) is 3.13. The molecular formula is C13H18N4O2. The Balaban J connectivity index is 2.40. The van der Waals surface area contributed by atoms with Crippen LogP contribution in [0.3, 0.4) is 0 Å². The van der Waals surface area contributed by atoms with Gasteiger partial charge in [0.15, 0.2) is 0 Å². The van der Waals surface area contributed by atoms with Crippen LogP contribution >= 0.6 is 0 Å². The minimum absolute atomic E-state index is 0.105. The van der Waals surface area contributed by atoms with E-state index < -0.39 is 5.97 Å². The van der Waals surface area contributed by atoms with Crippen molar-refractivity contribution in [3.05, 3.63) is 23.8 Å². The van der Waals surface area contributed by atoms with Crippen molar-refractivity contribution in [2.75, 3.05) is 20.6 Å². The van der Waals surface area contributed by atoms with Gasteiger partial charge in [0.05, 0.1) is 11.6 Å². The summed E-state index contributed by atoms with van der Waals surface area (Å²) in [5.41, 5.74) is 1.47. The monoisotopic (exact) mass is 262 g/mol. The third-order valence-electron chi connectivity index (χ3n) is 3.13. The van der Waals surface area contributed by atoms with E-state index in [-0.39, 0.29) is 11.6 Å². The number of aromatic nitrogens is 3. The lowest BCUT2D eigenvalue weighted by molar-refractivity contribution is 0.0698. The summed E-state index contributed by atoms with van der Waals surface area (Å²) >= 11 is 0. The average molecular weight is 262 g/mol. The van der Waals surface area contributed by atoms with Gasteiger partial charge >= 0.3 is 5.97 Å². The molecule has 0 spiro atoms. The molecule has 0 saturated carbocycles. The van der Waals surface area contributed by atoms with Gasteiger partial charge in [-0.3, -0.25) is 0 Å². The van der Waals surface area contributed by atoms with Gasteiger partial charge in [-0.1, -0.05) is 11.3 Å². The fourth-order valence-electron chi connectivity index (χ4n) is 2.04. The van der Waals surface area contributed by atoms with Gasteiger partial charge in [0.1, 0.15) is 11.0 Å². The number of carboxylic acid groups (broad SMARTS) is 1. The van der Waals surface area contributed by atoms with Crippen LogP contribution < -0.4 is 0 Å². The van der Waals surface area contributed by atoms with Gasteiger partial charge in [-0.05, 0) is 46.1 Å². The van der Waals surface area contributed by atoms with Gasteiger partial charge < -0.3 is 10.0 Å². The van der Waals surface area contributed by atoms with Crippen molar-refractivity contribution in [2.45, 2.75) is 19.4 Å². The van der Waals surface area contributed by atoms with Gasteiger partial charge in [0.25, 0.3) is 0 Å². The molecule has 1 unspecified atom stereocenters. The number of nitrogens with zero attached hydrogens (tertiary/aromatic N) is 4. The minimum atomic E-state index is -0.950. The maximum Gasteiger partial charge on any atom is 0.337 e. The van der Waals surface area contributed by atoms with E-state index in [0.717, 1.165) is 13.0 Å². The van der Waals surface area contributed by atoms with Crippen molar-refractivity contribution in [3.8, 4) is 0 Å². The lowest BCUT2D eigenvalue weighted by Gasteiger charge is -2.16.